The fourth-order valence-corrected chi connectivity index (χ4v) is 2.14. The molecule has 0 spiro atoms. The van der Waals surface area contributed by atoms with Crippen molar-refractivity contribution in [1.29, 1.82) is 0 Å². The smallest absolute Gasteiger partial charge is 0.129 e. The van der Waals surface area contributed by atoms with E-state index in [0.717, 1.165) is 12.8 Å². The molecular weight excluding hydrogens is 208 g/mol. The number of benzene rings is 1. The Bertz CT molecular complexity index is 413. The number of rotatable bonds is 3. The molecule has 0 aromatic heterocycles. The summed E-state index contributed by atoms with van der Waals surface area (Å²) in [7, 11) is -1.20. The van der Waals surface area contributed by atoms with Crippen molar-refractivity contribution >= 4 is 14.1 Å². The van der Waals surface area contributed by atoms with Gasteiger partial charge in [0.15, 0.2) is 0 Å². The quantitative estimate of drug-likeness (QED) is 0.539. The van der Waals surface area contributed by atoms with Crippen molar-refractivity contribution in [3.05, 3.63) is 42.0 Å². The van der Waals surface area contributed by atoms with E-state index in [0.29, 0.717) is 0 Å². The molecule has 1 aromatic rings. The lowest BCUT2D eigenvalue weighted by molar-refractivity contribution is 1.02. The first-order valence-corrected chi connectivity index (χ1v) is 9.23. The highest BCUT2D eigenvalue weighted by molar-refractivity contribution is 6.83. The van der Waals surface area contributed by atoms with E-state index in [-0.39, 0.29) is 0 Å². The van der Waals surface area contributed by atoms with Gasteiger partial charge in [0.1, 0.15) is 8.07 Å². The molecule has 0 N–H and O–H groups in total. The highest BCUT2D eigenvalue weighted by Gasteiger charge is 2.07. The molecule has 0 nitrogen and oxygen atoms in total. The van der Waals surface area contributed by atoms with Gasteiger partial charge in [-0.25, -0.2) is 0 Å². The predicted molar refractivity (Wildman–Crippen MR) is 76.0 cm³/mol. The van der Waals surface area contributed by atoms with Crippen LogP contribution in [0.4, 0.5) is 0 Å². The molecule has 1 aromatic carbocycles. The summed E-state index contributed by atoms with van der Waals surface area (Å²) in [4.78, 5) is 0. The van der Waals surface area contributed by atoms with E-state index in [2.05, 4.69) is 55.9 Å². The summed E-state index contributed by atoms with van der Waals surface area (Å²) in [6.45, 7) is 10.7. The maximum absolute atomic E-state index is 3.83. The molecule has 0 aliphatic heterocycles. The molecular formula is C15H20Si. The van der Waals surface area contributed by atoms with Gasteiger partial charge in [-0.15, -0.1) is 11.5 Å². The third-order valence-corrected chi connectivity index (χ3v) is 3.18. The number of hydrogen-bond acceptors (Lipinski definition) is 0. The monoisotopic (exact) mass is 228 g/mol. The van der Waals surface area contributed by atoms with Gasteiger partial charge in [0.05, 0.1) is 0 Å². The van der Waals surface area contributed by atoms with E-state index < -0.39 is 8.07 Å². The molecule has 16 heavy (non-hydrogen) atoms. The van der Waals surface area contributed by atoms with Crippen molar-refractivity contribution < 1.29 is 0 Å². The van der Waals surface area contributed by atoms with Gasteiger partial charge < -0.3 is 0 Å². The second-order valence-electron chi connectivity index (χ2n) is 4.95. The number of aryl methyl sites for hydroxylation is 1. The molecule has 1 rings (SSSR count). The second-order valence-corrected chi connectivity index (χ2v) is 9.70. The van der Waals surface area contributed by atoms with Crippen LogP contribution in [0.25, 0.3) is 6.08 Å². The zero-order valence-corrected chi connectivity index (χ0v) is 11.5. The molecule has 0 saturated heterocycles. The van der Waals surface area contributed by atoms with Crippen molar-refractivity contribution in [2.24, 2.45) is 0 Å². The minimum atomic E-state index is -1.20. The van der Waals surface area contributed by atoms with E-state index >= 15 is 0 Å². The van der Waals surface area contributed by atoms with Gasteiger partial charge >= 0.3 is 0 Å². The fraction of sp³-hybridized carbons (Fsp3) is 0.333. The molecule has 0 radical (unpaired) electrons. The van der Waals surface area contributed by atoms with Crippen LogP contribution < -0.4 is 0 Å². The Morgan fingerprint density at radius 3 is 2.56 bits per heavy atom. The topological polar surface area (TPSA) is 0 Å². The van der Waals surface area contributed by atoms with Gasteiger partial charge in [0, 0.05) is 6.42 Å². The average molecular weight is 228 g/mol. The average Bonchev–Trinajstić information content (AvgIpc) is 2.23. The Kier molecular flexibility index (Phi) is 4.58. The summed E-state index contributed by atoms with van der Waals surface area (Å²) in [5, 5.41) is 0. The predicted octanol–water partition coefficient (Wildman–Crippen LogP) is 4.14. The normalized spacial score (nSPS) is 10.4. The van der Waals surface area contributed by atoms with Crippen LogP contribution in [0.15, 0.2) is 30.8 Å². The summed E-state index contributed by atoms with van der Waals surface area (Å²) >= 11 is 0. The van der Waals surface area contributed by atoms with Crippen LogP contribution >= 0.6 is 0 Å². The SMILES string of the molecule is C=Cc1ccccc1CCC#C[Si](C)(C)C. The van der Waals surface area contributed by atoms with Gasteiger partial charge in [0.25, 0.3) is 0 Å². The van der Waals surface area contributed by atoms with Crippen molar-refractivity contribution in [2.75, 3.05) is 0 Å². The molecule has 0 bridgehead atoms. The Morgan fingerprint density at radius 1 is 1.25 bits per heavy atom. The van der Waals surface area contributed by atoms with Crippen LogP contribution in [0.1, 0.15) is 17.5 Å². The second kappa shape index (κ2) is 5.72. The standard InChI is InChI=1S/C15H20Si/c1-5-14-10-6-7-11-15(14)12-8-9-13-16(2,3)4/h5-7,10-11H,1,8,12H2,2-4H3. The largest absolute Gasteiger partial charge is 0.132 e. The van der Waals surface area contributed by atoms with Gasteiger partial charge in [-0.3, -0.25) is 0 Å². The highest BCUT2D eigenvalue weighted by Crippen LogP contribution is 2.11. The minimum absolute atomic E-state index is 0.953. The Morgan fingerprint density at radius 2 is 1.94 bits per heavy atom. The molecule has 84 valence electrons. The first kappa shape index (κ1) is 12.8. The van der Waals surface area contributed by atoms with Crippen molar-refractivity contribution in [3.63, 3.8) is 0 Å². The van der Waals surface area contributed by atoms with Crippen LogP contribution in [0, 0.1) is 11.5 Å². The van der Waals surface area contributed by atoms with Gasteiger partial charge in [-0.1, -0.05) is 56.6 Å². The van der Waals surface area contributed by atoms with Crippen molar-refractivity contribution in [3.8, 4) is 11.5 Å². The summed E-state index contributed by atoms with van der Waals surface area (Å²) in [5.41, 5.74) is 5.98. The first-order chi connectivity index (χ1) is 7.53. The first-order valence-electron chi connectivity index (χ1n) is 5.73. The lowest BCUT2D eigenvalue weighted by atomic mass is 10.0. The molecule has 0 unspecified atom stereocenters. The summed E-state index contributed by atoms with van der Waals surface area (Å²) in [6, 6.07) is 8.39. The van der Waals surface area contributed by atoms with E-state index in [1.165, 1.54) is 11.1 Å². The maximum Gasteiger partial charge on any atom is 0.129 e. The number of hydrogen-bond donors (Lipinski definition) is 0. The Balaban J connectivity index is 2.61. The third-order valence-electron chi connectivity index (χ3n) is 2.26. The summed E-state index contributed by atoms with van der Waals surface area (Å²) in [5.74, 6) is 3.30. The lowest BCUT2D eigenvalue weighted by Gasteiger charge is -2.04. The van der Waals surface area contributed by atoms with Crippen LogP contribution in [0.5, 0.6) is 0 Å². The lowest BCUT2D eigenvalue weighted by Crippen LogP contribution is -2.16. The van der Waals surface area contributed by atoms with Crippen LogP contribution in [0.3, 0.4) is 0 Å². The molecule has 0 amide bonds. The van der Waals surface area contributed by atoms with E-state index in [4.69, 9.17) is 0 Å². The van der Waals surface area contributed by atoms with E-state index in [1.807, 2.05) is 12.1 Å². The Hall–Kier alpha value is -1.26. The fourth-order valence-electron chi connectivity index (χ4n) is 1.49. The molecule has 0 saturated carbocycles. The van der Waals surface area contributed by atoms with Crippen LogP contribution in [-0.2, 0) is 6.42 Å². The zero-order valence-electron chi connectivity index (χ0n) is 10.5. The molecule has 0 fully saturated rings. The Labute approximate surface area is 100 Å². The zero-order chi connectivity index (χ0) is 12.0. The van der Waals surface area contributed by atoms with E-state index in [9.17, 15) is 0 Å². The molecule has 0 aliphatic rings. The summed E-state index contributed by atoms with van der Waals surface area (Å²) < 4.78 is 0. The van der Waals surface area contributed by atoms with Gasteiger partial charge in [-0.05, 0) is 17.5 Å². The molecule has 1 heteroatoms. The van der Waals surface area contributed by atoms with Crippen LogP contribution in [-0.4, -0.2) is 8.07 Å². The van der Waals surface area contributed by atoms with Crippen LogP contribution in [0.2, 0.25) is 19.6 Å². The third kappa shape index (κ3) is 4.50. The minimum Gasteiger partial charge on any atom is -0.132 e. The van der Waals surface area contributed by atoms with Gasteiger partial charge in [-0.2, -0.15) is 0 Å². The molecule has 0 aliphatic carbocycles. The van der Waals surface area contributed by atoms with Crippen molar-refractivity contribution in [1.82, 2.24) is 0 Å². The summed E-state index contributed by atoms with van der Waals surface area (Å²) in [6.07, 6.45) is 3.90. The molecule has 0 heterocycles. The van der Waals surface area contributed by atoms with Gasteiger partial charge in [0.2, 0.25) is 0 Å². The highest BCUT2D eigenvalue weighted by atomic mass is 28.3. The van der Waals surface area contributed by atoms with Crippen molar-refractivity contribution in [2.45, 2.75) is 32.5 Å². The maximum atomic E-state index is 3.83. The van der Waals surface area contributed by atoms with E-state index in [1.54, 1.807) is 0 Å². The molecule has 0 atom stereocenters.